The number of methoxy groups -OCH3 is 1. The minimum atomic E-state index is -0.837. The molecule has 0 aliphatic rings. The Morgan fingerprint density at radius 2 is 2.09 bits per heavy atom. The van der Waals surface area contributed by atoms with Gasteiger partial charge < -0.3 is 14.8 Å². The van der Waals surface area contributed by atoms with Crippen molar-refractivity contribution in [2.24, 2.45) is 5.92 Å². The lowest BCUT2D eigenvalue weighted by atomic mass is 9.93. The number of amides is 1. The zero-order chi connectivity index (χ0) is 16.8. The zero-order valence-electron chi connectivity index (χ0n) is 14.5. The van der Waals surface area contributed by atoms with Gasteiger partial charge in [0.2, 0.25) is 5.88 Å². The lowest BCUT2D eigenvalue weighted by Crippen LogP contribution is -2.44. The molecule has 1 aromatic rings. The van der Waals surface area contributed by atoms with Crippen LogP contribution in [0.4, 0.5) is 5.69 Å². The second kappa shape index (κ2) is 8.13. The van der Waals surface area contributed by atoms with Gasteiger partial charge in [-0.3, -0.25) is 4.79 Å². The number of carbonyl (C=O) groups is 1. The third kappa shape index (κ3) is 4.98. The van der Waals surface area contributed by atoms with Crippen LogP contribution in [0.5, 0.6) is 5.88 Å². The number of nitrogens with one attached hydrogen (secondary N) is 1. The van der Waals surface area contributed by atoms with Gasteiger partial charge in [0.25, 0.3) is 5.91 Å². The number of carbonyl (C=O) groups excluding carboxylic acids is 1. The zero-order valence-corrected chi connectivity index (χ0v) is 14.5. The van der Waals surface area contributed by atoms with E-state index >= 15 is 0 Å². The van der Waals surface area contributed by atoms with E-state index in [0.717, 1.165) is 12.1 Å². The molecule has 0 saturated heterocycles. The van der Waals surface area contributed by atoms with E-state index < -0.39 is 5.60 Å². The Morgan fingerprint density at radius 3 is 2.59 bits per heavy atom. The standard InChI is InChI=1S/C17H28N2O3/c1-7-10-22-17(5,11-12(2)3)16(20)19-14-8-9-15(21-6)18-13(14)4/h8-9,12H,7,10-11H2,1-6H3,(H,19,20)/t17-/m0/s1. The molecule has 124 valence electrons. The van der Waals surface area contributed by atoms with E-state index in [-0.39, 0.29) is 5.91 Å². The predicted molar refractivity (Wildman–Crippen MR) is 88.3 cm³/mol. The molecule has 0 aliphatic heterocycles. The number of nitrogens with zero attached hydrogens (tertiary/aromatic N) is 1. The van der Waals surface area contributed by atoms with Gasteiger partial charge in [-0.15, -0.1) is 0 Å². The van der Waals surface area contributed by atoms with Gasteiger partial charge >= 0.3 is 0 Å². The Morgan fingerprint density at radius 1 is 1.41 bits per heavy atom. The highest BCUT2D eigenvalue weighted by atomic mass is 16.5. The number of anilines is 1. The van der Waals surface area contributed by atoms with Gasteiger partial charge in [0.05, 0.1) is 18.5 Å². The first-order chi connectivity index (χ1) is 10.3. The molecule has 1 N–H and O–H groups in total. The summed E-state index contributed by atoms with van der Waals surface area (Å²) >= 11 is 0. The van der Waals surface area contributed by atoms with Crippen LogP contribution in [0.1, 0.15) is 46.2 Å². The van der Waals surface area contributed by atoms with Crippen LogP contribution in [-0.4, -0.2) is 30.2 Å². The average Bonchev–Trinajstić information content (AvgIpc) is 2.46. The Hall–Kier alpha value is -1.62. The van der Waals surface area contributed by atoms with E-state index in [1.54, 1.807) is 19.2 Å². The fourth-order valence-electron chi connectivity index (χ4n) is 2.36. The summed E-state index contributed by atoms with van der Waals surface area (Å²) in [5.41, 5.74) is 0.562. The molecular weight excluding hydrogens is 280 g/mol. The van der Waals surface area contributed by atoms with Crippen molar-refractivity contribution >= 4 is 11.6 Å². The largest absolute Gasteiger partial charge is 0.481 e. The molecule has 1 aromatic heterocycles. The number of hydrogen-bond acceptors (Lipinski definition) is 4. The molecule has 1 heterocycles. The highest BCUT2D eigenvalue weighted by Gasteiger charge is 2.35. The first-order valence-electron chi connectivity index (χ1n) is 7.79. The summed E-state index contributed by atoms with van der Waals surface area (Å²) in [7, 11) is 1.57. The molecule has 0 unspecified atom stereocenters. The number of pyridine rings is 1. The molecule has 0 spiro atoms. The van der Waals surface area contributed by atoms with E-state index in [1.807, 2.05) is 20.8 Å². The van der Waals surface area contributed by atoms with Gasteiger partial charge in [-0.25, -0.2) is 4.98 Å². The molecule has 22 heavy (non-hydrogen) atoms. The molecule has 0 fully saturated rings. The first-order valence-corrected chi connectivity index (χ1v) is 7.79. The maximum absolute atomic E-state index is 12.7. The third-order valence-corrected chi connectivity index (χ3v) is 3.42. The van der Waals surface area contributed by atoms with Gasteiger partial charge in [-0.2, -0.15) is 0 Å². The fraction of sp³-hybridized carbons (Fsp3) is 0.647. The van der Waals surface area contributed by atoms with Crippen LogP contribution < -0.4 is 10.1 Å². The Bertz CT molecular complexity index is 503. The second-order valence-electron chi connectivity index (χ2n) is 6.12. The van der Waals surface area contributed by atoms with E-state index in [9.17, 15) is 4.79 Å². The van der Waals surface area contributed by atoms with Crippen LogP contribution >= 0.6 is 0 Å². The predicted octanol–water partition coefficient (Wildman–Crippen LogP) is 3.57. The summed E-state index contributed by atoms with van der Waals surface area (Å²) in [6.07, 6.45) is 1.55. The van der Waals surface area contributed by atoms with Crippen molar-refractivity contribution in [3.8, 4) is 5.88 Å². The highest BCUT2D eigenvalue weighted by Crippen LogP contribution is 2.25. The smallest absolute Gasteiger partial charge is 0.256 e. The van der Waals surface area contributed by atoms with Crippen LogP contribution in [0.3, 0.4) is 0 Å². The number of hydrogen-bond donors (Lipinski definition) is 1. The Balaban J connectivity index is 2.90. The molecule has 0 aromatic carbocycles. The van der Waals surface area contributed by atoms with Gasteiger partial charge in [0.15, 0.2) is 0 Å². The minimum Gasteiger partial charge on any atom is -0.481 e. The van der Waals surface area contributed by atoms with Crippen molar-refractivity contribution in [2.45, 2.75) is 53.1 Å². The Labute approximate surface area is 133 Å². The number of aryl methyl sites for hydroxylation is 1. The molecule has 0 bridgehead atoms. The topological polar surface area (TPSA) is 60.5 Å². The van der Waals surface area contributed by atoms with Crippen LogP contribution in [-0.2, 0) is 9.53 Å². The van der Waals surface area contributed by atoms with Crippen LogP contribution in [0.15, 0.2) is 12.1 Å². The van der Waals surface area contributed by atoms with Crippen LogP contribution in [0.2, 0.25) is 0 Å². The number of ether oxygens (including phenoxy) is 2. The van der Waals surface area contributed by atoms with Crippen molar-refractivity contribution in [3.05, 3.63) is 17.8 Å². The van der Waals surface area contributed by atoms with Gasteiger partial charge in [-0.1, -0.05) is 20.8 Å². The summed E-state index contributed by atoms with van der Waals surface area (Å²) in [6.45, 7) is 10.5. The summed E-state index contributed by atoms with van der Waals surface area (Å²) in [5.74, 6) is 0.759. The van der Waals surface area contributed by atoms with E-state index in [2.05, 4.69) is 24.1 Å². The van der Waals surface area contributed by atoms with Gasteiger partial charge in [-0.05, 0) is 38.7 Å². The normalized spacial score (nSPS) is 13.8. The summed E-state index contributed by atoms with van der Waals surface area (Å²) < 4.78 is 10.9. The maximum atomic E-state index is 12.7. The number of aromatic nitrogens is 1. The van der Waals surface area contributed by atoms with Gasteiger partial charge in [0.1, 0.15) is 5.60 Å². The fourth-order valence-corrected chi connectivity index (χ4v) is 2.36. The van der Waals surface area contributed by atoms with Crippen molar-refractivity contribution in [3.63, 3.8) is 0 Å². The van der Waals surface area contributed by atoms with Crippen molar-refractivity contribution < 1.29 is 14.3 Å². The van der Waals surface area contributed by atoms with Crippen LogP contribution in [0, 0.1) is 12.8 Å². The highest BCUT2D eigenvalue weighted by molar-refractivity contribution is 5.97. The molecule has 5 nitrogen and oxygen atoms in total. The van der Waals surface area contributed by atoms with Crippen molar-refractivity contribution in [2.75, 3.05) is 19.0 Å². The molecule has 1 amide bonds. The van der Waals surface area contributed by atoms with E-state index in [1.165, 1.54) is 0 Å². The molecular formula is C17H28N2O3. The van der Waals surface area contributed by atoms with E-state index in [4.69, 9.17) is 9.47 Å². The lowest BCUT2D eigenvalue weighted by Gasteiger charge is -2.30. The molecule has 0 saturated carbocycles. The number of rotatable bonds is 8. The third-order valence-electron chi connectivity index (χ3n) is 3.42. The molecule has 5 heteroatoms. The Kier molecular flexibility index (Phi) is 6.81. The molecule has 0 aliphatic carbocycles. The van der Waals surface area contributed by atoms with Crippen molar-refractivity contribution in [1.29, 1.82) is 0 Å². The molecule has 0 radical (unpaired) electrons. The average molecular weight is 308 g/mol. The summed E-state index contributed by atoms with van der Waals surface area (Å²) in [6, 6.07) is 3.53. The summed E-state index contributed by atoms with van der Waals surface area (Å²) in [4.78, 5) is 17.0. The van der Waals surface area contributed by atoms with Crippen molar-refractivity contribution in [1.82, 2.24) is 4.98 Å². The monoisotopic (exact) mass is 308 g/mol. The maximum Gasteiger partial charge on any atom is 0.256 e. The van der Waals surface area contributed by atoms with E-state index in [0.29, 0.717) is 30.5 Å². The summed E-state index contributed by atoms with van der Waals surface area (Å²) in [5, 5.41) is 2.93. The SMILES string of the molecule is CCCO[C@@](C)(CC(C)C)C(=O)Nc1ccc(OC)nc1C. The van der Waals surface area contributed by atoms with Gasteiger partial charge in [0, 0.05) is 12.7 Å². The lowest BCUT2D eigenvalue weighted by molar-refractivity contribution is -0.141. The van der Waals surface area contributed by atoms with Crippen LogP contribution in [0.25, 0.3) is 0 Å². The first kappa shape index (κ1) is 18.4. The minimum absolute atomic E-state index is 0.135. The quantitative estimate of drug-likeness (QED) is 0.797. The molecule has 1 atom stereocenters. The molecule has 1 rings (SSSR count). The second-order valence-corrected chi connectivity index (χ2v) is 6.12.